The second-order valence-corrected chi connectivity index (χ2v) is 6.66. The van der Waals surface area contributed by atoms with E-state index in [-0.39, 0.29) is 0 Å². The van der Waals surface area contributed by atoms with Crippen LogP contribution in [-0.4, -0.2) is 56.4 Å². The number of benzene rings is 1. The van der Waals surface area contributed by atoms with Crippen LogP contribution in [0.15, 0.2) is 30.3 Å². The van der Waals surface area contributed by atoms with Crippen molar-refractivity contribution in [1.82, 2.24) is 4.90 Å². The highest BCUT2D eigenvalue weighted by Gasteiger charge is 2.41. The highest BCUT2D eigenvalue weighted by atomic mass is 16.5. The van der Waals surface area contributed by atoms with Gasteiger partial charge in [0.15, 0.2) is 0 Å². The van der Waals surface area contributed by atoms with E-state index in [1.54, 1.807) is 14.2 Å². The molecule has 0 spiro atoms. The molecule has 0 bridgehead atoms. The third kappa shape index (κ3) is 5.31. The predicted octanol–water partition coefficient (Wildman–Crippen LogP) is 3.30. The SMILES string of the molecule is COCCCC1(C(=O)O)CCCN(CC=Cc2ccccc2OC)C1. The lowest BCUT2D eigenvalue weighted by Gasteiger charge is -2.39. The molecule has 0 aliphatic carbocycles. The number of hydrogen-bond acceptors (Lipinski definition) is 4. The van der Waals surface area contributed by atoms with Crippen molar-refractivity contribution in [1.29, 1.82) is 0 Å². The van der Waals surface area contributed by atoms with Gasteiger partial charge in [-0.15, -0.1) is 0 Å². The van der Waals surface area contributed by atoms with E-state index < -0.39 is 11.4 Å². The fraction of sp³-hybridized carbons (Fsp3) is 0.550. The van der Waals surface area contributed by atoms with Gasteiger partial charge in [0, 0.05) is 32.4 Å². The monoisotopic (exact) mass is 347 g/mol. The molecule has 1 atom stereocenters. The van der Waals surface area contributed by atoms with Crippen LogP contribution in [0.25, 0.3) is 6.08 Å². The van der Waals surface area contributed by atoms with Crippen LogP contribution in [0, 0.1) is 5.41 Å². The number of para-hydroxylation sites is 1. The van der Waals surface area contributed by atoms with Crippen molar-refractivity contribution in [3.63, 3.8) is 0 Å². The highest BCUT2D eigenvalue weighted by molar-refractivity contribution is 5.75. The Hall–Kier alpha value is -1.85. The number of hydrogen-bond donors (Lipinski definition) is 1. The quantitative estimate of drug-likeness (QED) is 0.695. The van der Waals surface area contributed by atoms with Crippen molar-refractivity contribution in [2.24, 2.45) is 5.41 Å². The molecule has 25 heavy (non-hydrogen) atoms. The number of ether oxygens (including phenoxy) is 2. The minimum atomic E-state index is -0.679. The number of piperidine rings is 1. The standard InChI is InChI=1S/C20H29NO4/c1-24-15-7-12-20(19(22)23)11-6-14-21(16-20)13-5-9-17-8-3-4-10-18(17)25-2/h3-5,8-10H,6-7,11-16H2,1-2H3,(H,22,23). The number of carbonyl (C=O) groups is 1. The first-order valence-corrected chi connectivity index (χ1v) is 8.85. The van der Waals surface area contributed by atoms with Crippen LogP contribution >= 0.6 is 0 Å². The maximum Gasteiger partial charge on any atom is 0.310 e. The minimum Gasteiger partial charge on any atom is -0.496 e. The molecule has 0 amide bonds. The summed E-state index contributed by atoms with van der Waals surface area (Å²) in [5, 5.41) is 9.78. The Labute approximate surface area is 150 Å². The van der Waals surface area contributed by atoms with Crippen LogP contribution in [0.2, 0.25) is 0 Å². The van der Waals surface area contributed by atoms with E-state index in [0.29, 0.717) is 19.6 Å². The van der Waals surface area contributed by atoms with Gasteiger partial charge in [-0.3, -0.25) is 9.69 Å². The van der Waals surface area contributed by atoms with Gasteiger partial charge >= 0.3 is 5.97 Å². The largest absolute Gasteiger partial charge is 0.496 e. The van der Waals surface area contributed by atoms with Crippen molar-refractivity contribution in [3.8, 4) is 5.75 Å². The molecule has 1 fully saturated rings. The number of aliphatic carboxylic acids is 1. The van der Waals surface area contributed by atoms with Crippen LogP contribution < -0.4 is 4.74 Å². The van der Waals surface area contributed by atoms with Crippen LogP contribution in [-0.2, 0) is 9.53 Å². The van der Waals surface area contributed by atoms with Gasteiger partial charge in [0.25, 0.3) is 0 Å². The summed E-state index contributed by atoms with van der Waals surface area (Å²) in [6.07, 6.45) is 7.25. The summed E-state index contributed by atoms with van der Waals surface area (Å²) in [4.78, 5) is 14.1. The third-order valence-electron chi connectivity index (χ3n) is 4.91. The fourth-order valence-corrected chi connectivity index (χ4v) is 3.56. The summed E-state index contributed by atoms with van der Waals surface area (Å²) >= 11 is 0. The molecular formula is C20H29NO4. The smallest absolute Gasteiger partial charge is 0.310 e. The summed E-state index contributed by atoms with van der Waals surface area (Å²) in [6, 6.07) is 7.88. The van der Waals surface area contributed by atoms with E-state index in [1.807, 2.05) is 30.3 Å². The molecule has 1 aromatic rings. The molecular weight excluding hydrogens is 318 g/mol. The maximum atomic E-state index is 11.9. The molecule has 2 rings (SSSR count). The zero-order chi connectivity index (χ0) is 18.1. The zero-order valence-electron chi connectivity index (χ0n) is 15.2. The van der Waals surface area contributed by atoms with Crippen molar-refractivity contribution >= 4 is 12.0 Å². The van der Waals surface area contributed by atoms with E-state index in [1.165, 1.54) is 0 Å². The first kappa shape index (κ1) is 19.5. The third-order valence-corrected chi connectivity index (χ3v) is 4.91. The topological polar surface area (TPSA) is 59.0 Å². The van der Waals surface area contributed by atoms with Gasteiger partial charge in [-0.2, -0.15) is 0 Å². The second-order valence-electron chi connectivity index (χ2n) is 6.66. The number of carboxylic acid groups (broad SMARTS) is 1. The second kappa shape index (κ2) is 9.59. The molecule has 138 valence electrons. The molecule has 5 nitrogen and oxygen atoms in total. The van der Waals surface area contributed by atoms with Crippen LogP contribution in [0.1, 0.15) is 31.2 Å². The molecule has 5 heteroatoms. The molecule has 0 aromatic heterocycles. The molecule has 1 aliphatic rings. The van der Waals surface area contributed by atoms with Gasteiger partial charge in [-0.05, 0) is 38.3 Å². The molecule has 1 heterocycles. The van der Waals surface area contributed by atoms with Gasteiger partial charge in [-0.25, -0.2) is 0 Å². The lowest BCUT2D eigenvalue weighted by atomic mass is 9.76. The van der Waals surface area contributed by atoms with Crippen molar-refractivity contribution in [2.75, 3.05) is 40.5 Å². The zero-order valence-corrected chi connectivity index (χ0v) is 15.2. The lowest BCUT2D eigenvalue weighted by Crippen LogP contribution is -2.48. The van der Waals surface area contributed by atoms with Gasteiger partial charge < -0.3 is 14.6 Å². The van der Waals surface area contributed by atoms with Crippen LogP contribution in [0.5, 0.6) is 5.75 Å². The highest BCUT2D eigenvalue weighted by Crippen LogP contribution is 2.35. The predicted molar refractivity (Wildman–Crippen MR) is 98.9 cm³/mol. The van der Waals surface area contributed by atoms with Crippen LogP contribution in [0.3, 0.4) is 0 Å². The summed E-state index contributed by atoms with van der Waals surface area (Å²) in [7, 11) is 3.32. The van der Waals surface area contributed by atoms with Gasteiger partial charge in [0.05, 0.1) is 12.5 Å². The van der Waals surface area contributed by atoms with Gasteiger partial charge in [0.2, 0.25) is 0 Å². The first-order chi connectivity index (χ1) is 12.1. The Balaban J connectivity index is 1.97. The van der Waals surface area contributed by atoms with Gasteiger partial charge in [0.1, 0.15) is 5.75 Å². The Morgan fingerprint density at radius 3 is 2.88 bits per heavy atom. The van der Waals surface area contributed by atoms with E-state index in [4.69, 9.17) is 9.47 Å². The number of rotatable bonds is 9. The molecule has 0 saturated carbocycles. The molecule has 1 aliphatic heterocycles. The van der Waals surface area contributed by atoms with E-state index >= 15 is 0 Å². The van der Waals surface area contributed by atoms with Crippen molar-refractivity contribution in [2.45, 2.75) is 25.7 Å². The van der Waals surface area contributed by atoms with Crippen molar-refractivity contribution < 1.29 is 19.4 Å². The van der Waals surface area contributed by atoms with Crippen LogP contribution in [0.4, 0.5) is 0 Å². The number of methoxy groups -OCH3 is 2. The fourth-order valence-electron chi connectivity index (χ4n) is 3.56. The van der Waals surface area contributed by atoms with Crippen molar-refractivity contribution in [3.05, 3.63) is 35.9 Å². The lowest BCUT2D eigenvalue weighted by molar-refractivity contribution is -0.153. The van der Waals surface area contributed by atoms with E-state index in [2.05, 4.69) is 11.0 Å². The number of likely N-dealkylation sites (tertiary alicyclic amines) is 1. The summed E-state index contributed by atoms with van der Waals surface area (Å²) in [5.41, 5.74) is 0.390. The molecule has 1 saturated heterocycles. The minimum absolute atomic E-state index is 0.600. The molecule has 1 unspecified atom stereocenters. The Kier molecular flexibility index (Phi) is 7.47. The summed E-state index contributed by atoms with van der Waals surface area (Å²) < 4.78 is 10.4. The summed E-state index contributed by atoms with van der Waals surface area (Å²) in [6.45, 7) is 2.90. The molecule has 1 aromatic carbocycles. The number of carboxylic acids is 1. The molecule has 0 radical (unpaired) electrons. The first-order valence-electron chi connectivity index (χ1n) is 8.85. The molecule has 1 N–H and O–H groups in total. The Bertz CT molecular complexity index is 587. The van der Waals surface area contributed by atoms with Gasteiger partial charge in [-0.1, -0.05) is 30.4 Å². The van der Waals surface area contributed by atoms with E-state index in [0.717, 1.165) is 43.7 Å². The maximum absolute atomic E-state index is 11.9. The van der Waals surface area contributed by atoms with E-state index in [9.17, 15) is 9.90 Å². The summed E-state index contributed by atoms with van der Waals surface area (Å²) in [5.74, 6) is 0.166. The Morgan fingerprint density at radius 1 is 1.36 bits per heavy atom. The normalized spacial score (nSPS) is 21.5. The average Bonchev–Trinajstić information content (AvgIpc) is 2.62. The average molecular weight is 347 g/mol. The number of nitrogens with zero attached hydrogens (tertiary/aromatic N) is 1. The Morgan fingerprint density at radius 2 is 2.16 bits per heavy atom.